The number of methoxy groups -OCH3 is 1. The zero-order chi connectivity index (χ0) is 13.9. The second-order valence-electron chi connectivity index (χ2n) is 4.61. The Hall–Kier alpha value is -1.11. The van der Waals surface area contributed by atoms with Crippen molar-refractivity contribution >= 4 is 20.2 Å². The van der Waals surface area contributed by atoms with Crippen molar-refractivity contribution < 1.29 is 12.9 Å². The Morgan fingerprint density at radius 3 is 2.55 bits per heavy atom. The van der Waals surface area contributed by atoms with Crippen molar-refractivity contribution in [2.45, 2.75) is 10.0 Å². The van der Waals surface area contributed by atoms with E-state index in [4.69, 9.17) is 9.47 Å². The summed E-state index contributed by atoms with van der Waals surface area (Å²) in [5.74, 6) is 0.868. The molecule has 2 aromatic rings. The Bertz CT molecular complexity index is 573. The molecule has 1 N–H and O–H groups in total. The first-order valence-electron chi connectivity index (χ1n) is 6.48. The predicted molar refractivity (Wildman–Crippen MR) is 86.9 cm³/mol. The first kappa shape index (κ1) is 13.9. The van der Waals surface area contributed by atoms with E-state index in [2.05, 4.69) is 0 Å². The average molecular weight is 384 g/mol. The number of alkyl halides is 1. The molecule has 0 spiro atoms. The van der Waals surface area contributed by atoms with Gasteiger partial charge in [0, 0.05) is 0 Å². The van der Waals surface area contributed by atoms with Gasteiger partial charge in [-0.05, 0) is 0 Å². The second-order valence-corrected chi connectivity index (χ2v) is 9.12. The van der Waals surface area contributed by atoms with Gasteiger partial charge in [-0.25, -0.2) is 0 Å². The molecule has 0 amide bonds. The van der Waals surface area contributed by atoms with Crippen molar-refractivity contribution in [3.05, 3.63) is 63.7 Å². The van der Waals surface area contributed by atoms with Crippen molar-refractivity contribution in [3.8, 4) is 5.75 Å². The Labute approximate surface area is 126 Å². The number of hydrogen-bond donors (Lipinski definition) is 1. The molecule has 0 radical (unpaired) electrons. The fraction of sp³-hybridized carbons (Fsp3) is 0.250. The summed E-state index contributed by atoms with van der Waals surface area (Å²) in [6, 6.07) is 17.8. The van der Waals surface area contributed by atoms with Gasteiger partial charge in [-0.15, -0.1) is 0 Å². The topological polar surface area (TPSA) is 38.7 Å². The summed E-state index contributed by atoms with van der Waals surface area (Å²) in [7, 11) is 1.70. The van der Waals surface area contributed by atoms with Crippen LogP contribution in [0.2, 0.25) is 0 Å². The van der Waals surface area contributed by atoms with Crippen molar-refractivity contribution in [1.82, 2.24) is 0 Å². The zero-order valence-electron chi connectivity index (χ0n) is 11.2. The molecule has 2 unspecified atom stereocenters. The Kier molecular flexibility index (Phi) is 4.24. The van der Waals surface area contributed by atoms with Crippen LogP contribution in [0.5, 0.6) is 5.75 Å². The van der Waals surface area contributed by atoms with Crippen LogP contribution in [-0.4, -0.2) is 21.1 Å². The molecular formula is C16H17IO3. The van der Waals surface area contributed by atoms with E-state index in [1.54, 1.807) is 7.11 Å². The summed E-state index contributed by atoms with van der Waals surface area (Å²) >= 11 is -2.32. The number of ether oxygens (including phenoxy) is 2. The summed E-state index contributed by atoms with van der Waals surface area (Å²) in [6.45, 7) is 0.520. The first-order valence-corrected chi connectivity index (χ1v) is 9.77. The molecule has 0 fully saturated rings. The Balaban J connectivity index is 1.91. The van der Waals surface area contributed by atoms with Crippen LogP contribution in [0.15, 0.2) is 54.6 Å². The average Bonchev–Trinajstić information content (AvgIpc) is 2.54. The molecule has 1 aliphatic heterocycles. The third kappa shape index (κ3) is 2.55. The quantitative estimate of drug-likeness (QED) is 0.651. The number of fused-ring (bicyclic) bond motifs is 1. The SMILES string of the molecule is COC1c2ccccc2OCC1I(O)c1ccccc1. The van der Waals surface area contributed by atoms with Gasteiger partial charge >= 0.3 is 126 Å². The van der Waals surface area contributed by atoms with Gasteiger partial charge in [-0.3, -0.25) is 0 Å². The standard InChI is InChI=1S/C16H17IO3/c1-19-16-13-9-5-6-10-15(13)20-11-14(16)17(18)12-7-3-2-4-8-12/h2-10,14,16,18H,11H2,1H3. The van der Waals surface area contributed by atoms with E-state index >= 15 is 0 Å². The number of halogens is 1. The molecule has 1 heterocycles. The van der Waals surface area contributed by atoms with Crippen LogP contribution in [0.3, 0.4) is 0 Å². The molecule has 3 nitrogen and oxygen atoms in total. The van der Waals surface area contributed by atoms with Crippen LogP contribution < -0.4 is 4.74 Å². The molecule has 3 rings (SSSR count). The minimum absolute atomic E-state index is 0.0431. The molecular weight excluding hydrogens is 367 g/mol. The predicted octanol–water partition coefficient (Wildman–Crippen LogP) is 3.42. The minimum atomic E-state index is -2.32. The van der Waals surface area contributed by atoms with Gasteiger partial charge in [-0.2, -0.15) is 0 Å². The zero-order valence-corrected chi connectivity index (χ0v) is 13.4. The van der Waals surface area contributed by atoms with Crippen LogP contribution in [-0.2, 0) is 4.74 Å². The summed E-state index contributed by atoms with van der Waals surface area (Å²) < 4.78 is 23.3. The van der Waals surface area contributed by atoms with Crippen LogP contribution in [0, 0.1) is 3.57 Å². The normalized spacial score (nSPS) is 21.8. The number of rotatable bonds is 3. The van der Waals surface area contributed by atoms with Gasteiger partial charge in [0.05, 0.1) is 0 Å². The third-order valence-corrected chi connectivity index (χ3v) is 7.95. The van der Waals surface area contributed by atoms with Crippen molar-refractivity contribution in [2.24, 2.45) is 0 Å². The van der Waals surface area contributed by atoms with Gasteiger partial charge in [0.25, 0.3) is 0 Å². The molecule has 20 heavy (non-hydrogen) atoms. The fourth-order valence-corrected chi connectivity index (χ4v) is 6.34. The molecule has 4 heteroatoms. The molecule has 106 valence electrons. The molecule has 0 saturated heterocycles. The van der Waals surface area contributed by atoms with Gasteiger partial charge < -0.3 is 0 Å². The Morgan fingerprint density at radius 2 is 1.80 bits per heavy atom. The number of para-hydroxylation sites is 1. The van der Waals surface area contributed by atoms with E-state index in [0.717, 1.165) is 14.9 Å². The molecule has 2 atom stereocenters. The van der Waals surface area contributed by atoms with E-state index in [0.29, 0.717) is 6.61 Å². The van der Waals surface area contributed by atoms with Crippen LogP contribution in [0.4, 0.5) is 0 Å². The monoisotopic (exact) mass is 384 g/mol. The van der Waals surface area contributed by atoms with Crippen LogP contribution in [0.1, 0.15) is 11.7 Å². The summed E-state index contributed by atoms with van der Waals surface area (Å²) in [4.78, 5) is 0. The first-order chi connectivity index (χ1) is 9.81. The maximum absolute atomic E-state index is 10.8. The Morgan fingerprint density at radius 1 is 1.10 bits per heavy atom. The van der Waals surface area contributed by atoms with E-state index in [-0.39, 0.29) is 10.0 Å². The van der Waals surface area contributed by atoms with Crippen molar-refractivity contribution in [2.75, 3.05) is 13.7 Å². The van der Waals surface area contributed by atoms with Gasteiger partial charge in [0.2, 0.25) is 0 Å². The van der Waals surface area contributed by atoms with Gasteiger partial charge in [0.1, 0.15) is 0 Å². The third-order valence-electron chi connectivity index (χ3n) is 3.43. The van der Waals surface area contributed by atoms with E-state index in [1.165, 1.54) is 0 Å². The molecule has 0 bridgehead atoms. The molecule has 2 aromatic carbocycles. The van der Waals surface area contributed by atoms with E-state index in [1.807, 2.05) is 54.6 Å². The molecule has 0 aliphatic carbocycles. The number of benzene rings is 2. The van der Waals surface area contributed by atoms with E-state index in [9.17, 15) is 3.44 Å². The number of hydrogen-bond acceptors (Lipinski definition) is 3. The van der Waals surface area contributed by atoms with Crippen LogP contribution in [0.25, 0.3) is 0 Å². The van der Waals surface area contributed by atoms with Crippen molar-refractivity contribution in [3.63, 3.8) is 0 Å². The van der Waals surface area contributed by atoms with Crippen LogP contribution >= 0.6 is 20.2 Å². The summed E-state index contributed by atoms with van der Waals surface area (Å²) in [5, 5.41) is 0. The summed E-state index contributed by atoms with van der Waals surface area (Å²) in [6.07, 6.45) is -0.0876. The van der Waals surface area contributed by atoms with Gasteiger partial charge in [0.15, 0.2) is 0 Å². The molecule has 0 aromatic heterocycles. The second kappa shape index (κ2) is 6.11. The maximum atomic E-state index is 10.8. The summed E-state index contributed by atoms with van der Waals surface area (Å²) in [5.41, 5.74) is 1.04. The molecule has 0 saturated carbocycles. The fourth-order valence-electron chi connectivity index (χ4n) is 2.45. The van der Waals surface area contributed by atoms with Crippen molar-refractivity contribution in [1.29, 1.82) is 0 Å². The van der Waals surface area contributed by atoms with E-state index < -0.39 is 20.2 Å². The molecule has 1 aliphatic rings. The van der Waals surface area contributed by atoms with Gasteiger partial charge in [-0.1, -0.05) is 0 Å².